The zero-order valence-electron chi connectivity index (χ0n) is 10.5. The number of hydrogen-bond acceptors (Lipinski definition) is 2. The van der Waals surface area contributed by atoms with Gasteiger partial charge in [0.25, 0.3) is 0 Å². The highest BCUT2D eigenvalue weighted by Crippen LogP contribution is 2.24. The largest absolute Gasteiger partial charge is 0.347 e. The standard InChI is InChI=1S/C13H16FNO2S/c1-3-15-8-10(9-18(16,17)4-2)12-6-5-11(14)7-13(12)15/h5-8H,3-4,9H2,1-2H3. The second kappa shape index (κ2) is 4.72. The molecule has 0 N–H and O–H groups in total. The van der Waals surface area contributed by atoms with Gasteiger partial charge in [-0.3, -0.25) is 0 Å². The molecule has 0 amide bonds. The van der Waals surface area contributed by atoms with E-state index < -0.39 is 9.84 Å². The van der Waals surface area contributed by atoms with Crippen LogP contribution in [0.2, 0.25) is 0 Å². The van der Waals surface area contributed by atoms with E-state index in [-0.39, 0.29) is 17.3 Å². The van der Waals surface area contributed by atoms with Crippen LogP contribution in [-0.2, 0) is 22.1 Å². The van der Waals surface area contributed by atoms with Crippen LogP contribution in [0.3, 0.4) is 0 Å². The second-order valence-corrected chi connectivity index (χ2v) is 6.63. The lowest BCUT2D eigenvalue weighted by molar-refractivity contribution is 0.596. The van der Waals surface area contributed by atoms with E-state index in [1.54, 1.807) is 19.2 Å². The Morgan fingerprint density at radius 2 is 2.00 bits per heavy atom. The number of aryl methyl sites for hydroxylation is 1. The molecule has 0 unspecified atom stereocenters. The highest BCUT2D eigenvalue weighted by Gasteiger charge is 2.15. The van der Waals surface area contributed by atoms with Crippen LogP contribution in [-0.4, -0.2) is 18.7 Å². The highest BCUT2D eigenvalue weighted by molar-refractivity contribution is 7.90. The van der Waals surface area contributed by atoms with Gasteiger partial charge in [0.2, 0.25) is 0 Å². The maximum Gasteiger partial charge on any atom is 0.154 e. The quantitative estimate of drug-likeness (QED) is 0.856. The van der Waals surface area contributed by atoms with Gasteiger partial charge in [0.05, 0.1) is 11.3 Å². The van der Waals surface area contributed by atoms with Crippen LogP contribution in [0.5, 0.6) is 0 Å². The van der Waals surface area contributed by atoms with Crippen molar-refractivity contribution in [3.63, 3.8) is 0 Å². The minimum Gasteiger partial charge on any atom is -0.347 e. The minimum absolute atomic E-state index is 0.0125. The molecule has 0 radical (unpaired) electrons. The molecule has 0 saturated carbocycles. The predicted octanol–water partition coefficient (Wildman–Crippen LogP) is 2.74. The van der Waals surface area contributed by atoms with Gasteiger partial charge in [-0.15, -0.1) is 0 Å². The van der Waals surface area contributed by atoms with Gasteiger partial charge in [0.1, 0.15) is 5.82 Å². The molecule has 0 spiro atoms. The molecule has 0 aliphatic heterocycles. The van der Waals surface area contributed by atoms with Crippen molar-refractivity contribution in [1.82, 2.24) is 4.57 Å². The van der Waals surface area contributed by atoms with Crippen LogP contribution in [0.1, 0.15) is 19.4 Å². The fourth-order valence-electron chi connectivity index (χ4n) is 2.06. The third kappa shape index (κ3) is 2.41. The predicted molar refractivity (Wildman–Crippen MR) is 70.7 cm³/mol. The van der Waals surface area contributed by atoms with Gasteiger partial charge in [-0.2, -0.15) is 0 Å². The summed E-state index contributed by atoms with van der Waals surface area (Å²) in [6.07, 6.45) is 1.80. The molecule has 0 aliphatic rings. The van der Waals surface area contributed by atoms with Gasteiger partial charge < -0.3 is 4.57 Å². The molecule has 1 heterocycles. The Kier molecular flexibility index (Phi) is 3.43. The summed E-state index contributed by atoms with van der Waals surface area (Å²) in [6, 6.07) is 4.46. The third-order valence-corrected chi connectivity index (χ3v) is 4.71. The number of nitrogens with zero attached hydrogens (tertiary/aromatic N) is 1. The molecular weight excluding hydrogens is 253 g/mol. The molecule has 2 aromatic rings. The van der Waals surface area contributed by atoms with Crippen molar-refractivity contribution in [2.75, 3.05) is 5.75 Å². The summed E-state index contributed by atoms with van der Waals surface area (Å²) in [7, 11) is -3.08. The van der Waals surface area contributed by atoms with Crippen LogP contribution < -0.4 is 0 Å². The first-order valence-electron chi connectivity index (χ1n) is 5.94. The van der Waals surface area contributed by atoms with E-state index in [9.17, 15) is 12.8 Å². The number of aromatic nitrogens is 1. The fourth-order valence-corrected chi connectivity index (χ4v) is 2.96. The molecule has 2 rings (SSSR count). The van der Waals surface area contributed by atoms with E-state index in [1.165, 1.54) is 12.1 Å². The van der Waals surface area contributed by atoms with Crippen molar-refractivity contribution in [3.05, 3.63) is 35.8 Å². The lowest BCUT2D eigenvalue weighted by atomic mass is 10.2. The van der Waals surface area contributed by atoms with Crippen LogP contribution >= 0.6 is 0 Å². The molecule has 0 atom stereocenters. The van der Waals surface area contributed by atoms with Crippen molar-refractivity contribution in [3.8, 4) is 0 Å². The Bertz CT molecular complexity index is 674. The van der Waals surface area contributed by atoms with Crippen molar-refractivity contribution in [1.29, 1.82) is 0 Å². The number of sulfone groups is 1. The highest BCUT2D eigenvalue weighted by atomic mass is 32.2. The molecule has 1 aromatic carbocycles. The Morgan fingerprint density at radius 3 is 2.61 bits per heavy atom. The average molecular weight is 269 g/mol. The Balaban J connectivity index is 2.59. The molecule has 18 heavy (non-hydrogen) atoms. The number of halogens is 1. The first kappa shape index (κ1) is 13.1. The summed E-state index contributed by atoms with van der Waals surface area (Å²) >= 11 is 0. The van der Waals surface area contributed by atoms with Crippen LogP contribution in [0.15, 0.2) is 24.4 Å². The van der Waals surface area contributed by atoms with Crippen molar-refractivity contribution in [2.24, 2.45) is 0 Å². The number of hydrogen-bond donors (Lipinski definition) is 0. The SMILES string of the molecule is CCn1cc(CS(=O)(=O)CC)c2ccc(F)cc21. The summed E-state index contributed by atoms with van der Waals surface area (Å²) in [4.78, 5) is 0. The van der Waals surface area contributed by atoms with Gasteiger partial charge in [0.15, 0.2) is 9.84 Å². The second-order valence-electron chi connectivity index (χ2n) is 4.28. The minimum atomic E-state index is -3.08. The summed E-state index contributed by atoms with van der Waals surface area (Å²) in [5.41, 5.74) is 1.49. The molecule has 0 fully saturated rings. The van der Waals surface area contributed by atoms with Crippen molar-refractivity contribution >= 4 is 20.7 Å². The summed E-state index contributed by atoms with van der Waals surface area (Å²) in [5.74, 6) is -0.175. The fraction of sp³-hybridized carbons (Fsp3) is 0.385. The van der Waals surface area contributed by atoms with E-state index in [1.807, 2.05) is 11.5 Å². The van der Waals surface area contributed by atoms with Gasteiger partial charge in [-0.1, -0.05) is 6.92 Å². The molecule has 3 nitrogen and oxygen atoms in total. The van der Waals surface area contributed by atoms with Crippen LogP contribution in [0, 0.1) is 5.82 Å². The lowest BCUT2D eigenvalue weighted by Crippen LogP contribution is -2.06. The zero-order valence-corrected chi connectivity index (χ0v) is 11.3. The monoisotopic (exact) mass is 269 g/mol. The normalized spacial score (nSPS) is 12.2. The number of fused-ring (bicyclic) bond motifs is 1. The molecule has 98 valence electrons. The van der Waals surface area contributed by atoms with Crippen LogP contribution in [0.4, 0.5) is 4.39 Å². The molecule has 0 aliphatic carbocycles. The van der Waals surface area contributed by atoms with Gasteiger partial charge in [-0.05, 0) is 30.7 Å². The maximum atomic E-state index is 13.2. The Morgan fingerprint density at radius 1 is 1.28 bits per heavy atom. The van der Waals surface area contributed by atoms with Crippen LogP contribution in [0.25, 0.3) is 10.9 Å². The first-order chi connectivity index (χ1) is 8.46. The smallest absolute Gasteiger partial charge is 0.154 e. The molecule has 0 saturated heterocycles. The number of rotatable bonds is 4. The van der Waals surface area contributed by atoms with E-state index >= 15 is 0 Å². The van der Waals surface area contributed by atoms with Gasteiger partial charge in [0, 0.05) is 23.9 Å². The lowest BCUT2D eigenvalue weighted by Gasteiger charge is -1.99. The molecule has 5 heteroatoms. The number of benzene rings is 1. The van der Waals surface area contributed by atoms with E-state index in [0.717, 1.165) is 16.5 Å². The van der Waals surface area contributed by atoms with E-state index in [0.29, 0.717) is 6.54 Å². The third-order valence-electron chi connectivity index (χ3n) is 3.08. The summed E-state index contributed by atoms with van der Waals surface area (Å²) in [6.45, 7) is 4.27. The molecule has 1 aromatic heterocycles. The summed E-state index contributed by atoms with van der Waals surface area (Å²) in [5, 5.41) is 0.815. The van der Waals surface area contributed by atoms with E-state index in [4.69, 9.17) is 0 Å². The summed E-state index contributed by atoms with van der Waals surface area (Å²) < 4.78 is 38.5. The Labute approximate surface area is 106 Å². The van der Waals surface area contributed by atoms with Crippen molar-refractivity contribution < 1.29 is 12.8 Å². The Hall–Kier alpha value is -1.36. The zero-order chi connectivity index (χ0) is 13.3. The molecule has 0 bridgehead atoms. The molecular formula is C13H16FNO2S. The maximum absolute atomic E-state index is 13.2. The van der Waals surface area contributed by atoms with E-state index in [2.05, 4.69) is 0 Å². The first-order valence-corrected chi connectivity index (χ1v) is 7.76. The van der Waals surface area contributed by atoms with Gasteiger partial charge in [-0.25, -0.2) is 12.8 Å². The van der Waals surface area contributed by atoms with Gasteiger partial charge >= 0.3 is 0 Å². The van der Waals surface area contributed by atoms with Crippen molar-refractivity contribution in [2.45, 2.75) is 26.1 Å². The topological polar surface area (TPSA) is 39.1 Å². The average Bonchev–Trinajstić information content (AvgIpc) is 2.66.